The molecule has 3 fully saturated rings. The summed E-state index contributed by atoms with van der Waals surface area (Å²) in [6.07, 6.45) is 7.82. The van der Waals surface area contributed by atoms with Crippen molar-refractivity contribution in [3.05, 3.63) is 54.7 Å². The van der Waals surface area contributed by atoms with Gasteiger partial charge in [-0.2, -0.15) is 0 Å². The molecule has 1 aromatic carbocycles. The van der Waals surface area contributed by atoms with Crippen molar-refractivity contribution in [2.75, 3.05) is 13.7 Å². The quantitative estimate of drug-likeness (QED) is 0.806. The molecule has 120 valence electrons. The van der Waals surface area contributed by atoms with Crippen molar-refractivity contribution in [1.82, 2.24) is 9.88 Å². The van der Waals surface area contributed by atoms with Gasteiger partial charge in [0.2, 0.25) is 0 Å². The van der Waals surface area contributed by atoms with E-state index in [4.69, 9.17) is 4.74 Å². The fraction of sp³-hybridized carbons (Fsp3) is 0.450. The van der Waals surface area contributed by atoms with Crippen LogP contribution in [0, 0.1) is 11.8 Å². The largest absolute Gasteiger partial charge is 0.366 e. The van der Waals surface area contributed by atoms with Gasteiger partial charge in [-0.25, -0.2) is 0 Å². The summed E-state index contributed by atoms with van der Waals surface area (Å²) >= 11 is 0. The Labute approximate surface area is 138 Å². The van der Waals surface area contributed by atoms with Crippen LogP contribution in [0.5, 0.6) is 0 Å². The molecule has 0 N–H and O–H groups in total. The number of fused-ring (bicyclic) bond motifs is 4. The van der Waals surface area contributed by atoms with E-state index in [0.29, 0.717) is 17.9 Å². The zero-order valence-corrected chi connectivity index (χ0v) is 13.7. The van der Waals surface area contributed by atoms with E-state index in [0.717, 1.165) is 18.5 Å². The first-order valence-electron chi connectivity index (χ1n) is 8.55. The summed E-state index contributed by atoms with van der Waals surface area (Å²) < 4.78 is 5.83. The average molecular weight is 308 g/mol. The Morgan fingerprint density at radius 1 is 1.35 bits per heavy atom. The number of pyridine rings is 1. The van der Waals surface area contributed by atoms with Crippen molar-refractivity contribution >= 4 is 10.9 Å². The maximum Gasteiger partial charge on any atom is 0.117 e. The first kappa shape index (κ1) is 14.9. The van der Waals surface area contributed by atoms with Crippen LogP contribution in [-0.4, -0.2) is 35.8 Å². The van der Waals surface area contributed by atoms with Crippen molar-refractivity contribution in [2.24, 2.45) is 11.8 Å². The van der Waals surface area contributed by atoms with Crippen molar-refractivity contribution in [3.63, 3.8) is 0 Å². The number of nitrogens with zero attached hydrogens (tertiary/aromatic N) is 2. The second kappa shape index (κ2) is 6.06. The molecule has 3 aliphatic heterocycles. The normalized spacial score (nSPS) is 33.0. The molecule has 3 heteroatoms. The molecule has 0 aliphatic carbocycles. The Kier molecular flexibility index (Phi) is 3.92. The number of benzene rings is 1. The molecule has 0 amide bonds. The summed E-state index contributed by atoms with van der Waals surface area (Å²) in [7, 11) is 1.83. The number of aromatic nitrogens is 1. The molecule has 0 spiro atoms. The highest BCUT2D eigenvalue weighted by Crippen LogP contribution is 2.42. The first-order chi connectivity index (χ1) is 11.3. The molecule has 23 heavy (non-hydrogen) atoms. The third-order valence-electron chi connectivity index (χ3n) is 5.71. The van der Waals surface area contributed by atoms with E-state index in [-0.39, 0.29) is 6.23 Å². The number of rotatable bonds is 4. The van der Waals surface area contributed by atoms with Crippen molar-refractivity contribution in [3.8, 4) is 0 Å². The molecule has 2 bridgehead atoms. The molecule has 4 heterocycles. The fourth-order valence-electron chi connectivity index (χ4n) is 4.63. The molecule has 5 rings (SSSR count). The maximum atomic E-state index is 5.83. The Balaban J connectivity index is 1.63. The van der Waals surface area contributed by atoms with Crippen LogP contribution in [0.15, 0.2) is 49.2 Å². The van der Waals surface area contributed by atoms with E-state index in [2.05, 4.69) is 52.9 Å². The molecule has 3 saturated heterocycles. The van der Waals surface area contributed by atoms with Gasteiger partial charge < -0.3 is 4.74 Å². The second-order valence-corrected chi connectivity index (χ2v) is 6.81. The van der Waals surface area contributed by atoms with Gasteiger partial charge in [-0.3, -0.25) is 9.88 Å². The van der Waals surface area contributed by atoms with Crippen LogP contribution < -0.4 is 0 Å². The monoisotopic (exact) mass is 308 g/mol. The zero-order chi connectivity index (χ0) is 15.8. The van der Waals surface area contributed by atoms with Gasteiger partial charge in [-0.1, -0.05) is 24.3 Å². The maximum absolute atomic E-state index is 5.83. The van der Waals surface area contributed by atoms with Crippen LogP contribution in [0.3, 0.4) is 0 Å². The van der Waals surface area contributed by atoms with Crippen LogP contribution in [-0.2, 0) is 11.2 Å². The van der Waals surface area contributed by atoms with E-state index in [1.54, 1.807) is 0 Å². The minimum atomic E-state index is 0.193. The predicted molar refractivity (Wildman–Crippen MR) is 93.1 cm³/mol. The highest BCUT2D eigenvalue weighted by atomic mass is 16.5. The van der Waals surface area contributed by atoms with Crippen LogP contribution in [0.2, 0.25) is 0 Å². The predicted octanol–water partition coefficient (Wildman–Crippen LogP) is 3.65. The number of hydrogen-bond donors (Lipinski definition) is 0. The number of para-hydroxylation sites is 1. The summed E-state index contributed by atoms with van der Waals surface area (Å²) in [6, 6.07) is 11.2. The van der Waals surface area contributed by atoms with E-state index in [1.165, 1.54) is 23.8 Å². The second-order valence-electron chi connectivity index (χ2n) is 6.81. The molecular weight excluding hydrogens is 284 g/mol. The first-order valence-corrected chi connectivity index (χ1v) is 8.55. The molecule has 3 nitrogen and oxygen atoms in total. The van der Waals surface area contributed by atoms with Gasteiger partial charge >= 0.3 is 0 Å². The minimum absolute atomic E-state index is 0.193. The Morgan fingerprint density at radius 3 is 3.04 bits per heavy atom. The van der Waals surface area contributed by atoms with Crippen molar-refractivity contribution < 1.29 is 4.74 Å². The van der Waals surface area contributed by atoms with Crippen molar-refractivity contribution in [2.45, 2.75) is 31.5 Å². The lowest BCUT2D eigenvalue weighted by Gasteiger charge is -2.53. The van der Waals surface area contributed by atoms with Gasteiger partial charge in [-0.15, -0.1) is 6.58 Å². The van der Waals surface area contributed by atoms with Gasteiger partial charge in [0.15, 0.2) is 0 Å². The molecule has 0 saturated carbocycles. The van der Waals surface area contributed by atoms with Crippen LogP contribution in [0.1, 0.15) is 18.4 Å². The van der Waals surface area contributed by atoms with E-state index >= 15 is 0 Å². The lowest BCUT2D eigenvalue weighted by molar-refractivity contribution is -0.155. The highest BCUT2D eigenvalue weighted by Gasteiger charge is 2.45. The van der Waals surface area contributed by atoms with E-state index < -0.39 is 0 Å². The van der Waals surface area contributed by atoms with Crippen LogP contribution >= 0.6 is 0 Å². The summed E-state index contributed by atoms with van der Waals surface area (Å²) in [5, 5.41) is 1.28. The van der Waals surface area contributed by atoms with Gasteiger partial charge in [0.1, 0.15) is 6.23 Å². The molecule has 2 aromatic rings. The zero-order valence-electron chi connectivity index (χ0n) is 13.7. The standard InChI is InChI=1S/C20H24N2O/c1-3-17-15-9-11-22(20(17)23-2)16(13-15)12-14-8-10-21-19-7-5-4-6-18(14)19/h3-8,10,15-17,20H,1,9,11-13H2,2H3/t15-,16-,17-,20?/m0/s1. The summed E-state index contributed by atoms with van der Waals surface area (Å²) in [6.45, 7) is 5.18. The SMILES string of the molecule is C=C[C@@H]1C(OC)N2CC[C@H]1C[C@@H]2Cc1ccnc2ccccc12. The van der Waals surface area contributed by atoms with E-state index in [9.17, 15) is 0 Å². The number of methoxy groups -OCH3 is 1. The number of hydrogen-bond acceptors (Lipinski definition) is 3. The van der Waals surface area contributed by atoms with Crippen LogP contribution in [0.25, 0.3) is 10.9 Å². The molecule has 1 aromatic heterocycles. The van der Waals surface area contributed by atoms with Crippen LogP contribution in [0.4, 0.5) is 0 Å². The Hall–Kier alpha value is -1.71. The summed E-state index contributed by atoms with van der Waals surface area (Å²) in [5.41, 5.74) is 2.49. The Bertz CT molecular complexity index is 708. The molecule has 0 radical (unpaired) electrons. The average Bonchev–Trinajstić information content (AvgIpc) is 2.61. The minimum Gasteiger partial charge on any atom is -0.366 e. The molecule has 2 unspecified atom stereocenters. The van der Waals surface area contributed by atoms with Gasteiger partial charge in [0.25, 0.3) is 0 Å². The summed E-state index contributed by atoms with van der Waals surface area (Å²) in [5.74, 6) is 1.18. The van der Waals surface area contributed by atoms with Gasteiger partial charge in [0.05, 0.1) is 5.52 Å². The molecule has 3 aliphatic rings. The lowest BCUT2D eigenvalue weighted by atomic mass is 9.73. The topological polar surface area (TPSA) is 25.4 Å². The number of ether oxygens (including phenoxy) is 1. The van der Waals surface area contributed by atoms with Gasteiger partial charge in [-0.05, 0) is 42.9 Å². The third-order valence-corrected chi connectivity index (χ3v) is 5.71. The smallest absolute Gasteiger partial charge is 0.117 e. The molecular formula is C20H24N2O. The van der Waals surface area contributed by atoms with E-state index in [1.807, 2.05) is 13.3 Å². The Morgan fingerprint density at radius 2 is 2.22 bits per heavy atom. The van der Waals surface area contributed by atoms with Crippen molar-refractivity contribution in [1.29, 1.82) is 0 Å². The number of piperidine rings is 3. The fourth-order valence-corrected chi connectivity index (χ4v) is 4.63. The summed E-state index contributed by atoms with van der Waals surface area (Å²) in [4.78, 5) is 7.04. The third kappa shape index (κ3) is 2.48. The molecule has 5 atom stereocenters. The lowest BCUT2D eigenvalue weighted by Crippen LogP contribution is -2.60. The van der Waals surface area contributed by atoms with Gasteiger partial charge in [0, 0.05) is 37.2 Å². The highest BCUT2D eigenvalue weighted by molar-refractivity contribution is 5.81.